The molecule has 4 rings (SSSR count). The molecule has 0 saturated carbocycles. The molecule has 1 aliphatic heterocycles. The van der Waals surface area contributed by atoms with Gasteiger partial charge < -0.3 is 5.32 Å². The van der Waals surface area contributed by atoms with E-state index in [2.05, 4.69) is 16.3 Å². The summed E-state index contributed by atoms with van der Waals surface area (Å²) in [4.78, 5) is 15.2. The molecule has 0 unspecified atom stereocenters. The van der Waals surface area contributed by atoms with Gasteiger partial charge in [0.05, 0.1) is 16.9 Å². The minimum absolute atomic E-state index is 0.117. The normalized spacial score (nSPS) is 13.9. The van der Waals surface area contributed by atoms with E-state index in [1.54, 1.807) is 6.07 Å². The lowest BCUT2D eigenvalue weighted by atomic mass is 10.0. The Hall–Kier alpha value is -3.20. The lowest BCUT2D eigenvalue weighted by Crippen LogP contribution is -2.29. The molecule has 0 radical (unpaired) electrons. The highest BCUT2D eigenvalue weighted by molar-refractivity contribution is 7.91. The summed E-state index contributed by atoms with van der Waals surface area (Å²) in [6, 6.07) is 13.3. The average Bonchev–Trinajstić information content (AvgIpc) is 3.15. The fourth-order valence-corrected chi connectivity index (χ4v) is 5.82. The Morgan fingerprint density at radius 1 is 1.17 bits per heavy atom. The van der Waals surface area contributed by atoms with E-state index >= 15 is 0 Å². The van der Waals surface area contributed by atoms with Crippen molar-refractivity contribution in [2.24, 2.45) is 0 Å². The molecule has 0 bridgehead atoms. The molecule has 1 amide bonds. The fraction of sp³-hybridized carbons (Fsp3) is 0.250. The minimum Gasteiger partial charge on any atom is -0.316 e. The second-order valence-electron chi connectivity index (χ2n) is 8.08. The molecule has 2 aromatic carbocycles. The van der Waals surface area contributed by atoms with Crippen molar-refractivity contribution < 1.29 is 26.4 Å². The number of nitrogens with zero attached hydrogens (tertiary/aromatic N) is 2. The number of anilines is 1. The van der Waals surface area contributed by atoms with Gasteiger partial charge in [-0.05, 0) is 41.8 Å². The predicted octanol–water partition coefficient (Wildman–Crippen LogP) is 4.49. The number of hydrogen-bond donors (Lipinski definition) is 1. The first kappa shape index (κ1) is 24.9. The van der Waals surface area contributed by atoms with E-state index in [1.807, 2.05) is 6.07 Å². The number of thiophene rings is 1. The molecule has 0 aliphatic carbocycles. The van der Waals surface area contributed by atoms with E-state index in [0.29, 0.717) is 35.6 Å². The van der Waals surface area contributed by atoms with Crippen molar-refractivity contribution in [1.82, 2.24) is 4.90 Å². The van der Waals surface area contributed by atoms with E-state index < -0.39 is 26.4 Å². The maximum Gasteiger partial charge on any atom is 0.341 e. The summed E-state index contributed by atoms with van der Waals surface area (Å²) in [7, 11) is -4.70. The number of benzene rings is 2. The van der Waals surface area contributed by atoms with Crippen LogP contribution in [0.25, 0.3) is 0 Å². The smallest absolute Gasteiger partial charge is 0.316 e. The first-order valence-electron chi connectivity index (χ1n) is 10.6. The van der Waals surface area contributed by atoms with Gasteiger partial charge in [-0.15, -0.1) is 11.3 Å². The Labute approximate surface area is 204 Å². The van der Waals surface area contributed by atoms with Crippen molar-refractivity contribution in [3.05, 3.63) is 81.5 Å². The molecule has 2 heterocycles. The van der Waals surface area contributed by atoms with Gasteiger partial charge in [-0.3, -0.25) is 9.69 Å². The van der Waals surface area contributed by atoms with Crippen LogP contribution in [0, 0.1) is 17.1 Å². The summed E-state index contributed by atoms with van der Waals surface area (Å²) >= 11 is 1.34. The van der Waals surface area contributed by atoms with Gasteiger partial charge in [0, 0.05) is 30.1 Å². The Morgan fingerprint density at radius 3 is 2.57 bits per heavy atom. The highest BCUT2D eigenvalue weighted by atomic mass is 32.2. The van der Waals surface area contributed by atoms with Crippen molar-refractivity contribution in [1.29, 1.82) is 5.26 Å². The number of rotatable bonds is 7. The molecular formula is C24H20F3N3O3S2. The maximum atomic E-state index is 13.5. The molecule has 182 valence electrons. The summed E-state index contributed by atoms with van der Waals surface area (Å²) < 4.78 is 61.9. The maximum absolute atomic E-state index is 13.5. The molecular weight excluding hydrogens is 499 g/mol. The number of sulfone groups is 1. The standard InChI is InChI=1S/C24H20F3N3O3S2/c25-17-3-1-2-16(10-17)13-30-9-8-21-20(14-30)19(12-28)23(34-21)29-22(31)11-15-4-6-18(7-5-15)35(32,33)24(26)27/h1-7,10,24H,8-9,11,13-14H2,(H,29,31). The van der Waals surface area contributed by atoms with Crippen molar-refractivity contribution in [3.8, 4) is 6.07 Å². The number of nitriles is 1. The van der Waals surface area contributed by atoms with Crippen LogP contribution in [0.4, 0.5) is 18.2 Å². The van der Waals surface area contributed by atoms with Crippen LogP contribution < -0.4 is 5.32 Å². The summed E-state index contributed by atoms with van der Waals surface area (Å²) in [6.07, 6.45) is 0.577. The SMILES string of the molecule is N#Cc1c(NC(=O)Cc2ccc(S(=O)(=O)C(F)F)cc2)sc2c1CN(Cc1cccc(F)c1)CC2. The lowest BCUT2D eigenvalue weighted by Gasteiger charge is -2.27. The largest absolute Gasteiger partial charge is 0.341 e. The second kappa shape index (κ2) is 10.2. The van der Waals surface area contributed by atoms with Crippen LogP contribution in [0.5, 0.6) is 0 Å². The zero-order chi connectivity index (χ0) is 25.2. The third kappa shape index (κ3) is 5.56. The van der Waals surface area contributed by atoms with Gasteiger partial charge in [0.1, 0.15) is 16.9 Å². The Kier molecular flexibility index (Phi) is 7.25. The minimum atomic E-state index is -4.70. The zero-order valence-electron chi connectivity index (χ0n) is 18.3. The molecule has 35 heavy (non-hydrogen) atoms. The quantitative estimate of drug-likeness (QED) is 0.497. The lowest BCUT2D eigenvalue weighted by molar-refractivity contribution is -0.115. The van der Waals surface area contributed by atoms with Crippen LogP contribution in [0.15, 0.2) is 53.4 Å². The molecule has 0 fully saturated rings. The van der Waals surface area contributed by atoms with Gasteiger partial charge >= 0.3 is 5.76 Å². The van der Waals surface area contributed by atoms with Gasteiger partial charge in [0.25, 0.3) is 0 Å². The van der Waals surface area contributed by atoms with Crippen molar-refractivity contribution in [2.75, 3.05) is 11.9 Å². The molecule has 6 nitrogen and oxygen atoms in total. The Bertz CT molecular complexity index is 1400. The van der Waals surface area contributed by atoms with Gasteiger partial charge in [0.15, 0.2) is 0 Å². The number of fused-ring (bicyclic) bond motifs is 1. The topological polar surface area (TPSA) is 90.3 Å². The van der Waals surface area contributed by atoms with Crippen molar-refractivity contribution in [3.63, 3.8) is 0 Å². The van der Waals surface area contributed by atoms with E-state index in [1.165, 1.54) is 35.6 Å². The number of alkyl halides is 2. The molecule has 0 saturated heterocycles. The van der Waals surface area contributed by atoms with E-state index in [9.17, 15) is 31.6 Å². The van der Waals surface area contributed by atoms with E-state index in [4.69, 9.17) is 0 Å². The molecule has 3 aromatic rings. The molecule has 0 atom stereocenters. The molecule has 1 aromatic heterocycles. The van der Waals surface area contributed by atoms with Crippen molar-refractivity contribution >= 4 is 32.1 Å². The second-order valence-corrected chi connectivity index (χ2v) is 11.1. The predicted molar refractivity (Wildman–Crippen MR) is 125 cm³/mol. The van der Waals surface area contributed by atoms with Crippen LogP contribution in [0.3, 0.4) is 0 Å². The van der Waals surface area contributed by atoms with Gasteiger partial charge in [-0.1, -0.05) is 24.3 Å². The Balaban J connectivity index is 1.44. The molecule has 0 spiro atoms. The fourth-order valence-electron chi connectivity index (χ4n) is 3.93. The number of nitrogens with one attached hydrogen (secondary N) is 1. The van der Waals surface area contributed by atoms with Gasteiger partial charge in [-0.2, -0.15) is 14.0 Å². The zero-order valence-corrected chi connectivity index (χ0v) is 19.9. The van der Waals surface area contributed by atoms with Gasteiger partial charge in [0.2, 0.25) is 15.7 Å². The van der Waals surface area contributed by atoms with E-state index in [-0.39, 0.29) is 12.2 Å². The van der Waals surface area contributed by atoms with Crippen LogP contribution in [0.1, 0.15) is 27.1 Å². The molecule has 1 N–H and O–H groups in total. The van der Waals surface area contributed by atoms with Crippen LogP contribution in [-0.4, -0.2) is 31.5 Å². The van der Waals surface area contributed by atoms with Crippen molar-refractivity contribution in [2.45, 2.75) is 36.6 Å². The van der Waals surface area contributed by atoms with Gasteiger partial charge in [-0.25, -0.2) is 12.8 Å². The third-order valence-electron chi connectivity index (χ3n) is 5.64. The van der Waals surface area contributed by atoms with Crippen LogP contribution in [0.2, 0.25) is 0 Å². The number of carbonyl (C=O) groups is 1. The number of halogens is 3. The number of carbonyl (C=O) groups excluding carboxylic acids is 1. The van der Waals surface area contributed by atoms with E-state index in [0.717, 1.165) is 34.7 Å². The molecule has 1 aliphatic rings. The number of amides is 1. The number of hydrogen-bond acceptors (Lipinski definition) is 6. The Morgan fingerprint density at radius 2 is 1.91 bits per heavy atom. The van der Waals surface area contributed by atoms with Crippen LogP contribution in [-0.2, 0) is 40.6 Å². The average molecular weight is 520 g/mol. The van der Waals surface area contributed by atoms with Crippen LogP contribution >= 0.6 is 11.3 Å². The summed E-state index contributed by atoms with van der Waals surface area (Å²) in [5, 5.41) is 12.9. The monoisotopic (exact) mass is 519 g/mol. The third-order valence-corrected chi connectivity index (χ3v) is 8.24. The highest BCUT2D eigenvalue weighted by Gasteiger charge is 2.27. The first-order chi connectivity index (χ1) is 16.7. The first-order valence-corrected chi connectivity index (χ1v) is 13.0. The highest BCUT2D eigenvalue weighted by Crippen LogP contribution is 2.37. The summed E-state index contributed by atoms with van der Waals surface area (Å²) in [5.74, 6) is -4.24. The molecule has 11 heteroatoms. The summed E-state index contributed by atoms with van der Waals surface area (Å²) in [5.41, 5.74) is 2.51. The summed E-state index contributed by atoms with van der Waals surface area (Å²) in [6.45, 7) is 1.77.